The SMILES string of the molecule is CC(C)=NOC(=N)c1sc2c(c1-c1nc3ccccc3s1)CCNC2. The highest BCUT2D eigenvalue weighted by molar-refractivity contribution is 7.22. The number of hydrogen-bond donors (Lipinski definition) is 2. The summed E-state index contributed by atoms with van der Waals surface area (Å²) in [6.45, 7) is 5.49. The van der Waals surface area contributed by atoms with Crippen LogP contribution in [0.4, 0.5) is 0 Å². The van der Waals surface area contributed by atoms with Gasteiger partial charge in [-0.05, 0) is 44.5 Å². The van der Waals surface area contributed by atoms with E-state index < -0.39 is 0 Å². The summed E-state index contributed by atoms with van der Waals surface area (Å²) in [5.41, 5.74) is 4.13. The monoisotopic (exact) mass is 370 g/mol. The van der Waals surface area contributed by atoms with Crippen LogP contribution in [0, 0.1) is 5.41 Å². The van der Waals surface area contributed by atoms with Gasteiger partial charge in [0.2, 0.25) is 0 Å². The predicted molar refractivity (Wildman–Crippen MR) is 105 cm³/mol. The van der Waals surface area contributed by atoms with E-state index in [0.29, 0.717) is 0 Å². The fourth-order valence-electron chi connectivity index (χ4n) is 2.88. The number of nitrogens with one attached hydrogen (secondary N) is 2. The number of nitrogens with zero attached hydrogens (tertiary/aromatic N) is 2. The van der Waals surface area contributed by atoms with E-state index in [1.54, 1.807) is 22.7 Å². The maximum Gasteiger partial charge on any atom is 0.259 e. The molecule has 0 radical (unpaired) electrons. The molecule has 2 N–H and O–H groups in total. The van der Waals surface area contributed by atoms with Crippen LogP contribution in [-0.2, 0) is 17.8 Å². The Morgan fingerprint density at radius 3 is 2.92 bits per heavy atom. The summed E-state index contributed by atoms with van der Waals surface area (Å²) in [6.07, 6.45) is 0.945. The minimum Gasteiger partial charge on any atom is -0.336 e. The van der Waals surface area contributed by atoms with E-state index in [4.69, 9.17) is 15.2 Å². The van der Waals surface area contributed by atoms with E-state index in [0.717, 1.165) is 50.9 Å². The lowest BCUT2D eigenvalue weighted by molar-refractivity contribution is 0.326. The number of aromatic nitrogens is 1. The molecule has 25 heavy (non-hydrogen) atoms. The van der Waals surface area contributed by atoms with E-state index in [-0.39, 0.29) is 5.90 Å². The van der Waals surface area contributed by atoms with Gasteiger partial charge in [-0.25, -0.2) is 4.98 Å². The lowest BCUT2D eigenvalue weighted by atomic mass is 10.0. The van der Waals surface area contributed by atoms with Gasteiger partial charge >= 0.3 is 0 Å². The molecule has 0 spiro atoms. The van der Waals surface area contributed by atoms with Gasteiger partial charge in [-0.3, -0.25) is 5.41 Å². The molecule has 0 amide bonds. The molecule has 3 heterocycles. The number of benzene rings is 1. The average molecular weight is 371 g/mol. The number of fused-ring (bicyclic) bond motifs is 2. The van der Waals surface area contributed by atoms with Crippen molar-refractivity contribution < 1.29 is 4.84 Å². The maximum atomic E-state index is 8.37. The van der Waals surface area contributed by atoms with Crippen LogP contribution in [0.15, 0.2) is 29.4 Å². The second kappa shape index (κ2) is 6.67. The molecule has 0 bridgehead atoms. The van der Waals surface area contributed by atoms with Crippen molar-refractivity contribution in [2.45, 2.75) is 26.8 Å². The van der Waals surface area contributed by atoms with Crippen LogP contribution in [0.3, 0.4) is 0 Å². The van der Waals surface area contributed by atoms with E-state index in [1.807, 2.05) is 32.0 Å². The highest BCUT2D eigenvalue weighted by Crippen LogP contribution is 2.41. The number of thiazole rings is 1. The number of hydrogen-bond acceptors (Lipinski definition) is 7. The molecular formula is C18H18N4OS2. The summed E-state index contributed by atoms with van der Waals surface area (Å²) in [6, 6.07) is 8.15. The second-order valence-electron chi connectivity index (χ2n) is 6.08. The van der Waals surface area contributed by atoms with Gasteiger partial charge in [-0.2, -0.15) is 0 Å². The summed E-state index contributed by atoms with van der Waals surface area (Å²) in [7, 11) is 0. The largest absolute Gasteiger partial charge is 0.336 e. The highest BCUT2D eigenvalue weighted by atomic mass is 32.1. The average Bonchev–Trinajstić information content (AvgIpc) is 3.20. The molecule has 0 fully saturated rings. The van der Waals surface area contributed by atoms with E-state index in [2.05, 4.69) is 16.5 Å². The number of rotatable bonds is 3. The topological polar surface area (TPSA) is 70.4 Å². The minimum atomic E-state index is 0.0925. The Morgan fingerprint density at radius 2 is 2.12 bits per heavy atom. The van der Waals surface area contributed by atoms with Gasteiger partial charge in [0.05, 0.1) is 15.9 Å². The first-order chi connectivity index (χ1) is 12.1. The molecule has 0 saturated carbocycles. The smallest absolute Gasteiger partial charge is 0.259 e. The molecule has 0 unspecified atom stereocenters. The normalized spacial score (nSPS) is 13.5. The van der Waals surface area contributed by atoms with Gasteiger partial charge in [0.15, 0.2) is 0 Å². The third kappa shape index (κ3) is 3.10. The molecule has 0 atom stereocenters. The van der Waals surface area contributed by atoms with Gasteiger partial charge in [0.25, 0.3) is 5.90 Å². The molecule has 4 rings (SSSR count). The molecule has 1 aromatic carbocycles. The van der Waals surface area contributed by atoms with E-state index in [1.165, 1.54) is 10.4 Å². The van der Waals surface area contributed by atoms with Gasteiger partial charge in [-0.1, -0.05) is 17.3 Å². The quantitative estimate of drug-likeness (QED) is 0.408. The van der Waals surface area contributed by atoms with Crippen molar-refractivity contribution in [3.63, 3.8) is 0 Å². The van der Waals surface area contributed by atoms with Gasteiger partial charge in [0, 0.05) is 17.0 Å². The molecule has 128 valence electrons. The molecule has 0 aliphatic carbocycles. The Bertz CT molecular complexity index is 949. The van der Waals surface area contributed by atoms with E-state index >= 15 is 0 Å². The standard InChI is InChI=1S/C18H18N4OS2/c1-10(2)22-23-17(19)16-15(11-7-8-20-9-14(11)24-16)18-21-12-5-3-4-6-13(12)25-18/h3-6,19-20H,7-9H2,1-2H3. The van der Waals surface area contributed by atoms with Crippen molar-refractivity contribution in [3.05, 3.63) is 39.6 Å². The van der Waals surface area contributed by atoms with E-state index in [9.17, 15) is 0 Å². The Labute approximate surface area is 153 Å². The molecule has 1 aliphatic heterocycles. The molecule has 5 nitrogen and oxygen atoms in total. The van der Waals surface area contributed by atoms with Crippen LogP contribution < -0.4 is 5.32 Å². The van der Waals surface area contributed by atoms with Crippen LogP contribution in [0.5, 0.6) is 0 Å². The van der Waals surface area contributed by atoms with Crippen molar-refractivity contribution in [2.24, 2.45) is 5.16 Å². The van der Waals surface area contributed by atoms with Crippen LogP contribution in [0.1, 0.15) is 29.2 Å². The van der Waals surface area contributed by atoms with Crippen molar-refractivity contribution in [1.82, 2.24) is 10.3 Å². The van der Waals surface area contributed by atoms with Crippen molar-refractivity contribution in [2.75, 3.05) is 6.54 Å². The van der Waals surface area contributed by atoms with Crippen LogP contribution in [-0.4, -0.2) is 23.1 Å². The Hall–Kier alpha value is -2.09. The number of thiophene rings is 1. The van der Waals surface area contributed by atoms with Crippen LogP contribution >= 0.6 is 22.7 Å². The second-order valence-corrected chi connectivity index (χ2v) is 8.22. The Kier molecular flexibility index (Phi) is 4.37. The lowest BCUT2D eigenvalue weighted by Gasteiger charge is -2.13. The summed E-state index contributed by atoms with van der Waals surface area (Å²) < 4.78 is 1.16. The summed E-state index contributed by atoms with van der Waals surface area (Å²) in [5, 5.41) is 16.7. The third-order valence-corrected chi connectivity index (χ3v) is 6.25. The molecule has 7 heteroatoms. The predicted octanol–water partition coefficient (Wildman–Crippen LogP) is 4.41. The van der Waals surface area contributed by atoms with Crippen molar-refractivity contribution in [3.8, 4) is 10.6 Å². The van der Waals surface area contributed by atoms with Crippen molar-refractivity contribution in [1.29, 1.82) is 5.41 Å². The summed E-state index contributed by atoms with van der Waals surface area (Å²) in [5.74, 6) is 0.0925. The fraction of sp³-hybridized carbons (Fsp3) is 0.278. The summed E-state index contributed by atoms with van der Waals surface area (Å²) >= 11 is 3.28. The molecule has 3 aromatic rings. The zero-order valence-corrected chi connectivity index (χ0v) is 15.7. The number of para-hydroxylation sites is 1. The first-order valence-corrected chi connectivity index (χ1v) is 9.75. The zero-order valence-electron chi connectivity index (χ0n) is 14.0. The molecule has 0 saturated heterocycles. The van der Waals surface area contributed by atoms with Gasteiger partial charge in [0.1, 0.15) is 9.88 Å². The first-order valence-electron chi connectivity index (χ1n) is 8.12. The Balaban J connectivity index is 1.85. The lowest BCUT2D eigenvalue weighted by Crippen LogP contribution is -2.22. The van der Waals surface area contributed by atoms with Gasteiger partial charge in [-0.15, -0.1) is 22.7 Å². The molecule has 1 aliphatic rings. The van der Waals surface area contributed by atoms with Crippen molar-refractivity contribution >= 4 is 44.5 Å². The third-order valence-electron chi connectivity index (χ3n) is 3.96. The fourth-order valence-corrected chi connectivity index (χ4v) is 5.19. The van der Waals surface area contributed by atoms with Crippen LogP contribution in [0.25, 0.3) is 20.8 Å². The number of oxime groups is 1. The minimum absolute atomic E-state index is 0.0925. The molecule has 2 aromatic heterocycles. The van der Waals surface area contributed by atoms with Gasteiger partial charge < -0.3 is 10.2 Å². The highest BCUT2D eigenvalue weighted by Gasteiger charge is 2.26. The van der Waals surface area contributed by atoms with Crippen LogP contribution in [0.2, 0.25) is 0 Å². The Morgan fingerprint density at radius 1 is 1.28 bits per heavy atom. The summed E-state index contributed by atoms with van der Waals surface area (Å²) in [4.78, 5) is 12.2. The maximum absolute atomic E-state index is 8.37. The zero-order chi connectivity index (χ0) is 17.4. The molecular weight excluding hydrogens is 352 g/mol. The first kappa shape index (κ1) is 16.4.